The van der Waals surface area contributed by atoms with E-state index in [1.54, 1.807) is 29.9 Å². The third kappa shape index (κ3) is 3.85. The van der Waals surface area contributed by atoms with Gasteiger partial charge in [-0.3, -0.25) is 14.9 Å². The number of para-hydroxylation sites is 1. The Hall–Kier alpha value is -3.79. The lowest BCUT2D eigenvalue weighted by Gasteiger charge is -2.08. The van der Waals surface area contributed by atoms with Gasteiger partial charge < -0.3 is 5.32 Å². The first-order chi connectivity index (χ1) is 14.5. The van der Waals surface area contributed by atoms with E-state index >= 15 is 0 Å². The molecule has 0 saturated heterocycles. The molecule has 150 valence electrons. The number of nitrogens with one attached hydrogen (secondary N) is 1. The van der Waals surface area contributed by atoms with Crippen molar-refractivity contribution in [1.29, 1.82) is 0 Å². The van der Waals surface area contributed by atoms with Crippen LogP contribution in [0.3, 0.4) is 0 Å². The second-order valence-electron chi connectivity index (χ2n) is 6.35. The second kappa shape index (κ2) is 8.29. The molecule has 0 bridgehead atoms. The molecule has 1 N–H and O–H groups in total. The highest BCUT2D eigenvalue weighted by Gasteiger charge is 2.16. The molecule has 1 amide bonds. The summed E-state index contributed by atoms with van der Waals surface area (Å²) in [6.07, 6.45) is 3.11. The number of benzene rings is 2. The van der Waals surface area contributed by atoms with Gasteiger partial charge >= 0.3 is 0 Å². The standard InChI is InChI=1S/C20H16N6O3S/c1-13-16(8-5-9-17(13)26(28)29)24-18(27)11-30-20-15-10-23-25(19(15)21-12-22-20)14-6-3-2-4-7-14/h2-10,12H,11H2,1H3,(H,24,27). The van der Waals surface area contributed by atoms with Gasteiger partial charge in [0, 0.05) is 6.07 Å². The summed E-state index contributed by atoms with van der Waals surface area (Å²) in [5.41, 5.74) is 2.31. The number of nitro groups is 1. The number of amides is 1. The van der Waals surface area contributed by atoms with Crippen molar-refractivity contribution >= 4 is 40.1 Å². The number of carbonyl (C=O) groups excluding carboxylic acids is 1. The first-order valence-corrected chi connectivity index (χ1v) is 9.94. The molecule has 2 aromatic heterocycles. The van der Waals surface area contributed by atoms with Gasteiger partial charge in [-0.05, 0) is 25.1 Å². The third-order valence-electron chi connectivity index (χ3n) is 4.45. The molecular formula is C20H16N6O3S. The highest BCUT2D eigenvalue weighted by molar-refractivity contribution is 8.00. The van der Waals surface area contributed by atoms with Crippen LogP contribution in [0.15, 0.2) is 66.1 Å². The number of carbonyl (C=O) groups is 1. The van der Waals surface area contributed by atoms with Crippen LogP contribution in [0.1, 0.15) is 5.56 Å². The summed E-state index contributed by atoms with van der Waals surface area (Å²) in [6, 6.07) is 14.2. The van der Waals surface area contributed by atoms with Gasteiger partial charge in [0.25, 0.3) is 5.69 Å². The van der Waals surface area contributed by atoms with Crippen molar-refractivity contribution in [3.63, 3.8) is 0 Å². The molecule has 30 heavy (non-hydrogen) atoms. The predicted octanol–water partition coefficient (Wildman–Crippen LogP) is 3.76. The molecule has 0 unspecified atom stereocenters. The van der Waals surface area contributed by atoms with Crippen LogP contribution in [-0.2, 0) is 4.79 Å². The summed E-state index contributed by atoms with van der Waals surface area (Å²) in [5.74, 6) is -0.198. The SMILES string of the molecule is Cc1c(NC(=O)CSc2ncnc3c2cnn3-c2ccccc2)cccc1[N+](=O)[O-]. The fourth-order valence-electron chi connectivity index (χ4n) is 2.97. The van der Waals surface area contributed by atoms with E-state index in [1.807, 2.05) is 30.3 Å². The lowest BCUT2D eigenvalue weighted by molar-refractivity contribution is -0.385. The van der Waals surface area contributed by atoms with Crippen molar-refractivity contribution in [2.24, 2.45) is 0 Å². The van der Waals surface area contributed by atoms with Crippen molar-refractivity contribution in [2.45, 2.75) is 11.9 Å². The number of anilines is 1. The number of thioether (sulfide) groups is 1. The highest BCUT2D eigenvalue weighted by atomic mass is 32.2. The van der Waals surface area contributed by atoms with Crippen molar-refractivity contribution in [3.05, 3.63) is 76.7 Å². The van der Waals surface area contributed by atoms with Gasteiger partial charge in [-0.2, -0.15) is 5.10 Å². The molecule has 0 spiro atoms. The smallest absolute Gasteiger partial charge is 0.274 e. The molecule has 10 heteroatoms. The van der Waals surface area contributed by atoms with E-state index in [-0.39, 0.29) is 17.3 Å². The molecule has 0 aliphatic carbocycles. The number of hydrogen-bond donors (Lipinski definition) is 1. The van der Waals surface area contributed by atoms with Crippen LogP contribution >= 0.6 is 11.8 Å². The maximum atomic E-state index is 12.4. The number of rotatable bonds is 6. The first kappa shape index (κ1) is 19.5. The molecule has 0 radical (unpaired) electrons. The summed E-state index contributed by atoms with van der Waals surface area (Å²) in [7, 11) is 0. The third-order valence-corrected chi connectivity index (χ3v) is 5.45. The minimum atomic E-state index is -0.470. The van der Waals surface area contributed by atoms with Crippen LogP contribution in [0.4, 0.5) is 11.4 Å². The van der Waals surface area contributed by atoms with Crippen LogP contribution in [-0.4, -0.2) is 36.3 Å². The zero-order valence-electron chi connectivity index (χ0n) is 15.8. The van der Waals surface area contributed by atoms with E-state index in [9.17, 15) is 14.9 Å². The maximum absolute atomic E-state index is 12.4. The van der Waals surface area contributed by atoms with Crippen LogP contribution < -0.4 is 5.32 Å². The quantitative estimate of drug-likeness (QED) is 0.218. The van der Waals surface area contributed by atoms with E-state index in [0.29, 0.717) is 21.9 Å². The van der Waals surface area contributed by atoms with E-state index in [4.69, 9.17) is 0 Å². The Bertz CT molecular complexity index is 1240. The van der Waals surface area contributed by atoms with E-state index < -0.39 is 4.92 Å². The molecule has 0 saturated carbocycles. The van der Waals surface area contributed by atoms with Crippen molar-refractivity contribution in [3.8, 4) is 5.69 Å². The molecule has 9 nitrogen and oxygen atoms in total. The van der Waals surface area contributed by atoms with E-state index in [2.05, 4.69) is 20.4 Å². The summed E-state index contributed by atoms with van der Waals surface area (Å²) in [6.45, 7) is 1.60. The van der Waals surface area contributed by atoms with Gasteiger partial charge in [0.05, 0.1) is 39.2 Å². The van der Waals surface area contributed by atoms with Gasteiger partial charge in [-0.1, -0.05) is 36.0 Å². The second-order valence-corrected chi connectivity index (χ2v) is 7.32. The number of fused-ring (bicyclic) bond motifs is 1. The first-order valence-electron chi connectivity index (χ1n) is 8.95. The van der Waals surface area contributed by atoms with Gasteiger partial charge in [0.2, 0.25) is 5.91 Å². The Morgan fingerprint density at radius 3 is 2.73 bits per heavy atom. The zero-order chi connectivity index (χ0) is 21.1. The molecule has 2 aromatic carbocycles. The Labute approximate surface area is 175 Å². The van der Waals surface area contributed by atoms with E-state index in [0.717, 1.165) is 11.1 Å². The number of hydrogen-bond acceptors (Lipinski definition) is 7. The van der Waals surface area contributed by atoms with Crippen molar-refractivity contribution < 1.29 is 9.72 Å². The summed E-state index contributed by atoms with van der Waals surface area (Å²) in [5, 5.41) is 19.6. The average Bonchev–Trinajstić information content (AvgIpc) is 3.19. The lowest BCUT2D eigenvalue weighted by atomic mass is 10.1. The summed E-state index contributed by atoms with van der Waals surface area (Å²) >= 11 is 1.25. The van der Waals surface area contributed by atoms with Crippen LogP contribution in [0.25, 0.3) is 16.7 Å². The highest BCUT2D eigenvalue weighted by Crippen LogP contribution is 2.27. The van der Waals surface area contributed by atoms with Crippen molar-refractivity contribution in [1.82, 2.24) is 19.7 Å². The summed E-state index contributed by atoms with van der Waals surface area (Å²) < 4.78 is 1.72. The Kier molecular flexibility index (Phi) is 5.40. The Morgan fingerprint density at radius 1 is 1.17 bits per heavy atom. The monoisotopic (exact) mass is 420 g/mol. The Balaban J connectivity index is 1.51. The number of nitrogens with zero attached hydrogens (tertiary/aromatic N) is 5. The fourth-order valence-corrected chi connectivity index (χ4v) is 3.73. The normalized spacial score (nSPS) is 10.8. The average molecular weight is 420 g/mol. The lowest BCUT2D eigenvalue weighted by Crippen LogP contribution is -2.15. The van der Waals surface area contributed by atoms with Crippen molar-refractivity contribution in [2.75, 3.05) is 11.1 Å². The molecule has 4 aromatic rings. The molecule has 0 aliphatic rings. The maximum Gasteiger partial charge on any atom is 0.274 e. The van der Waals surface area contributed by atoms with Gasteiger partial charge in [-0.25, -0.2) is 14.6 Å². The zero-order valence-corrected chi connectivity index (χ0v) is 16.7. The number of nitro benzene ring substituents is 1. The predicted molar refractivity (Wildman–Crippen MR) is 114 cm³/mol. The minimum Gasteiger partial charge on any atom is -0.325 e. The van der Waals surface area contributed by atoms with Crippen LogP contribution in [0, 0.1) is 17.0 Å². The fraction of sp³-hybridized carbons (Fsp3) is 0.100. The van der Waals surface area contributed by atoms with Gasteiger partial charge in [0.15, 0.2) is 5.65 Å². The minimum absolute atomic E-state index is 0.0358. The van der Waals surface area contributed by atoms with Gasteiger partial charge in [-0.15, -0.1) is 0 Å². The van der Waals surface area contributed by atoms with E-state index in [1.165, 1.54) is 24.2 Å². The topological polar surface area (TPSA) is 116 Å². The van der Waals surface area contributed by atoms with Crippen LogP contribution in [0.5, 0.6) is 0 Å². The molecule has 0 aliphatic heterocycles. The number of aromatic nitrogens is 4. The molecule has 2 heterocycles. The molecular weight excluding hydrogens is 404 g/mol. The Morgan fingerprint density at radius 2 is 1.97 bits per heavy atom. The molecule has 0 fully saturated rings. The largest absolute Gasteiger partial charge is 0.325 e. The van der Waals surface area contributed by atoms with Crippen LogP contribution in [0.2, 0.25) is 0 Å². The molecule has 0 atom stereocenters. The summed E-state index contributed by atoms with van der Waals surface area (Å²) in [4.78, 5) is 31.6. The molecule has 4 rings (SSSR count). The van der Waals surface area contributed by atoms with Gasteiger partial charge in [0.1, 0.15) is 11.4 Å².